The third-order valence-corrected chi connectivity index (χ3v) is 7.37. The Morgan fingerprint density at radius 2 is 1.69 bits per heavy atom. The summed E-state index contributed by atoms with van der Waals surface area (Å²) in [6.45, 7) is 3.73. The molecule has 2 rings (SSSR count). The van der Waals surface area contributed by atoms with Gasteiger partial charge in [0.15, 0.2) is 11.6 Å². The molecule has 36 heavy (non-hydrogen) atoms. The molecule has 0 bridgehead atoms. The van der Waals surface area contributed by atoms with E-state index in [1.54, 1.807) is 32.0 Å². The Labute approximate surface area is 220 Å². The molecule has 0 aliphatic rings. The van der Waals surface area contributed by atoms with Gasteiger partial charge in [-0.25, -0.2) is 17.2 Å². The largest absolute Gasteiger partial charge is 0.355 e. The van der Waals surface area contributed by atoms with Crippen molar-refractivity contribution in [3.8, 4) is 0 Å². The molecule has 2 aromatic rings. The lowest BCUT2D eigenvalue weighted by atomic mass is 10.1. The van der Waals surface area contributed by atoms with E-state index in [0.717, 1.165) is 28.8 Å². The van der Waals surface area contributed by atoms with E-state index in [0.29, 0.717) is 28.6 Å². The topological polar surface area (TPSA) is 86.8 Å². The maximum Gasteiger partial charge on any atom is 0.242 e. The van der Waals surface area contributed by atoms with E-state index in [4.69, 9.17) is 23.2 Å². The summed E-state index contributed by atoms with van der Waals surface area (Å²) < 4.78 is 52.5. The van der Waals surface area contributed by atoms with Gasteiger partial charge in [0, 0.05) is 47.7 Å². The Morgan fingerprint density at radius 3 is 2.22 bits per heavy atom. The Balaban J connectivity index is 2.27. The SMILES string of the molecule is CCNC(=O)[C@H](CC)N(Cc1c(Cl)cccc1Cl)C(=O)CCCN(c1ccc(F)c(F)c1)S(C)(=O)=O. The molecule has 0 aliphatic heterocycles. The van der Waals surface area contributed by atoms with Crippen molar-refractivity contribution in [2.75, 3.05) is 23.7 Å². The molecular weight excluding hydrogens is 535 g/mol. The zero-order valence-corrected chi connectivity index (χ0v) is 22.6. The summed E-state index contributed by atoms with van der Waals surface area (Å²) in [5.74, 6) is -3.04. The van der Waals surface area contributed by atoms with Crippen LogP contribution in [-0.2, 0) is 26.2 Å². The molecule has 0 spiro atoms. The molecular formula is C24H29Cl2F2N3O4S. The second-order valence-electron chi connectivity index (χ2n) is 8.08. The van der Waals surface area contributed by atoms with Gasteiger partial charge in [-0.1, -0.05) is 36.2 Å². The molecule has 2 aromatic carbocycles. The minimum Gasteiger partial charge on any atom is -0.355 e. The average molecular weight is 564 g/mol. The predicted octanol–water partition coefficient (Wildman–Crippen LogP) is 4.76. The number of amides is 2. The molecule has 0 heterocycles. The van der Waals surface area contributed by atoms with Gasteiger partial charge in [-0.2, -0.15) is 0 Å². The van der Waals surface area contributed by atoms with E-state index in [2.05, 4.69) is 5.32 Å². The highest BCUT2D eigenvalue weighted by Crippen LogP contribution is 2.28. The Bertz CT molecular complexity index is 1180. The van der Waals surface area contributed by atoms with Crippen LogP contribution in [0.5, 0.6) is 0 Å². The third-order valence-electron chi connectivity index (χ3n) is 5.47. The minimum atomic E-state index is -3.85. The van der Waals surface area contributed by atoms with E-state index in [1.165, 1.54) is 4.90 Å². The molecule has 0 saturated heterocycles. The molecule has 1 atom stereocenters. The quantitative estimate of drug-likeness (QED) is 0.403. The van der Waals surface area contributed by atoms with Crippen molar-refractivity contribution in [2.24, 2.45) is 0 Å². The Morgan fingerprint density at radius 1 is 1.06 bits per heavy atom. The standard InChI is InChI=1S/C24H29Cl2F2N3O4S/c1-4-22(24(33)29-5-2)30(15-17-18(25)8-6-9-19(17)26)23(32)10-7-13-31(36(3,34)35)16-11-12-20(27)21(28)14-16/h6,8-9,11-12,14,22H,4-5,7,10,13,15H2,1-3H3,(H,29,33)/t22-/m0/s1. The number of sulfonamides is 1. The fourth-order valence-electron chi connectivity index (χ4n) is 3.71. The van der Waals surface area contributed by atoms with Gasteiger partial charge in [0.05, 0.1) is 11.9 Å². The minimum absolute atomic E-state index is 0.0219. The fraction of sp³-hybridized carbons (Fsp3) is 0.417. The molecule has 0 unspecified atom stereocenters. The Hall–Kier alpha value is -2.43. The van der Waals surface area contributed by atoms with E-state index in [9.17, 15) is 26.8 Å². The van der Waals surface area contributed by atoms with Gasteiger partial charge in [-0.3, -0.25) is 13.9 Å². The van der Waals surface area contributed by atoms with Crippen LogP contribution in [0.25, 0.3) is 0 Å². The first-order chi connectivity index (χ1) is 16.9. The highest BCUT2D eigenvalue weighted by molar-refractivity contribution is 7.92. The van der Waals surface area contributed by atoms with Crippen LogP contribution in [0.2, 0.25) is 10.0 Å². The molecule has 12 heteroatoms. The molecule has 1 N–H and O–H groups in total. The van der Waals surface area contributed by atoms with Crippen molar-refractivity contribution in [1.29, 1.82) is 0 Å². The number of benzene rings is 2. The molecule has 0 radical (unpaired) electrons. The molecule has 0 aliphatic carbocycles. The first-order valence-corrected chi connectivity index (χ1v) is 13.9. The summed E-state index contributed by atoms with van der Waals surface area (Å²) in [7, 11) is -3.85. The van der Waals surface area contributed by atoms with Gasteiger partial charge >= 0.3 is 0 Å². The van der Waals surface area contributed by atoms with Crippen LogP contribution in [-0.4, -0.2) is 50.5 Å². The molecule has 198 valence electrons. The lowest BCUT2D eigenvalue weighted by Gasteiger charge is -2.31. The van der Waals surface area contributed by atoms with Crippen molar-refractivity contribution in [1.82, 2.24) is 10.2 Å². The van der Waals surface area contributed by atoms with Crippen molar-refractivity contribution >= 4 is 50.7 Å². The number of anilines is 1. The first-order valence-electron chi connectivity index (χ1n) is 11.3. The summed E-state index contributed by atoms with van der Waals surface area (Å²) in [6.07, 6.45) is 1.20. The third kappa shape index (κ3) is 7.78. The van der Waals surface area contributed by atoms with Crippen molar-refractivity contribution in [2.45, 2.75) is 45.7 Å². The van der Waals surface area contributed by atoms with Crippen molar-refractivity contribution < 1.29 is 26.8 Å². The van der Waals surface area contributed by atoms with Crippen molar-refractivity contribution in [3.63, 3.8) is 0 Å². The van der Waals surface area contributed by atoms with Gasteiger partial charge in [-0.15, -0.1) is 0 Å². The molecule has 7 nitrogen and oxygen atoms in total. The fourth-order valence-corrected chi connectivity index (χ4v) is 5.18. The zero-order chi connectivity index (χ0) is 27.0. The average Bonchev–Trinajstić information content (AvgIpc) is 2.79. The summed E-state index contributed by atoms with van der Waals surface area (Å²) in [6, 6.07) is 6.89. The summed E-state index contributed by atoms with van der Waals surface area (Å²) >= 11 is 12.6. The number of nitrogens with one attached hydrogen (secondary N) is 1. The number of halogens is 4. The zero-order valence-electron chi connectivity index (χ0n) is 20.2. The number of hydrogen-bond donors (Lipinski definition) is 1. The van der Waals surface area contributed by atoms with Crippen LogP contribution in [0, 0.1) is 11.6 Å². The number of hydrogen-bond acceptors (Lipinski definition) is 4. The van der Waals surface area contributed by atoms with Gasteiger partial charge < -0.3 is 10.2 Å². The summed E-state index contributed by atoms with van der Waals surface area (Å²) in [5, 5.41) is 3.40. The lowest BCUT2D eigenvalue weighted by molar-refractivity contribution is -0.141. The van der Waals surface area contributed by atoms with Crippen LogP contribution in [0.1, 0.15) is 38.7 Å². The highest BCUT2D eigenvalue weighted by atomic mass is 35.5. The molecule has 0 aromatic heterocycles. The van der Waals surface area contributed by atoms with E-state index in [-0.39, 0.29) is 37.5 Å². The molecule has 0 fully saturated rings. The number of likely N-dealkylation sites (N-methyl/N-ethyl adjacent to an activating group) is 1. The van der Waals surface area contributed by atoms with Gasteiger partial charge in [0.2, 0.25) is 21.8 Å². The summed E-state index contributed by atoms with van der Waals surface area (Å²) in [4.78, 5) is 27.4. The van der Waals surface area contributed by atoms with E-state index in [1.807, 2.05) is 0 Å². The normalized spacial score (nSPS) is 12.2. The number of rotatable bonds is 12. The van der Waals surface area contributed by atoms with Crippen LogP contribution in [0.3, 0.4) is 0 Å². The number of nitrogens with zero attached hydrogens (tertiary/aromatic N) is 2. The van der Waals surface area contributed by atoms with Gasteiger partial charge in [0.25, 0.3) is 0 Å². The maximum atomic E-state index is 13.7. The van der Waals surface area contributed by atoms with E-state index >= 15 is 0 Å². The summed E-state index contributed by atoms with van der Waals surface area (Å²) in [5.41, 5.74) is 0.425. The van der Waals surface area contributed by atoms with Crippen LogP contribution >= 0.6 is 23.2 Å². The van der Waals surface area contributed by atoms with Crippen molar-refractivity contribution in [3.05, 3.63) is 63.6 Å². The second kappa shape index (κ2) is 13.2. The van der Waals surface area contributed by atoms with Crippen LogP contribution < -0.4 is 9.62 Å². The van der Waals surface area contributed by atoms with E-state index < -0.39 is 33.6 Å². The van der Waals surface area contributed by atoms with Crippen LogP contribution in [0.4, 0.5) is 14.5 Å². The number of carbonyl (C=O) groups is 2. The highest BCUT2D eigenvalue weighted by Gasteiger charge is 2.29. The van der Waals surface area contributed by atoms with Crippen LogP contribution in [0.15, 0.2) is 36.4 Å². The maximum absolute atomic E-state index is 13.7. The molecule has 2 amide bonds. The monoisotopic (exact) mass is 563 g/mol. The molecule has 0 saturated carbocycles. The smallest absolute Gasteiger partial charge is 0.242 e. The van der Waals surface area contributed by atoms with Gasteiger partial charge in [-0.05, 0) is 44.0 Å². The number of carbonyl (C=O) groups excluding carboxylic acids is 2. The van der Waals surface area contributed by atoms with Gasteiger partial charge in [0.1, 0.15) is 6.04 Å². The first kappa shape index (κ1) is 29.8. The predicted molar refractivity (Wildman–Crippen MR) is 138 cm³/mol. The second-order valence-corrected chi connectivity index (χ2v) is 10.8. The lowest BCUT2D eigenvalue weighted by Crippen LogP contribution is -2.49. The Kier molecular flexibility index (Phi) is 10.9.